The third kappa shape index (κ3) is 28.5. The van der Waals surface area contributed by atoms with Crippen LogP contribution in [-0.4, -0.2) is 0 Å². The molecule has 0 amide bonds. The normalized spacial score (nSPS) is 7.64. The first kappa shape index (κ1) is 12.4. The quantitative estimate of drug-likeness (QED) is 0.458. The van der Waals surface area contributed by atoms with Crippen molar-refractivity contribution < 1.29 is 0 Å². The van der Waals surface area contributed by atoms with E-state index < -0.39 is 0 Å². The third-order valence-electron chi connectivity index (χ3n) is 1.01. The van der Waals surface area contributed by atoms with E-state index in [1.165, 1.54) is 31.4 Å². The monoisotopic (exact) mass is 150 g/mol. The summed E-state index contributed by atoms with van der Waals surface area (Å²) in [7, 11) is 0. The fourth-order valence-electron chi connectivity index (χ4n) is 0.489. The highest BCUT2D eigenvalue weighted by atomic mass is 14.3. The first-order valence-corrected chi connectivity index (χ1v) is 3.72. The van der Waals surface area contributed by atoms with E-state index in [-0.39, 0.29) is 0 Å². The van der Waals surface area contributed by atoms with E-state index in [0.29, 0.717) is 0 Å². The molecule has 0 aromatic carbocycles. The zero-order valence-electron chi connectivity index (χ0n) is 7.17. The molecule has 2 nitrogen and oxygen atoms in total. The molecule has 0 fully saturated rings. The van der Waals surface area contributed by atoms with Crippen LogP contribution in [0.2, 0.25) is 0 Å². The molecule has 60 valence electrons. The number of unbranched alkanes of at least 4 members (excludes halogenated alkanes) is 2. The summed E-state index contributed by atoms with van der Waals surface area (Å²) in [6.07, 6.45) is 8.22. The molecule has 0 aliphatic rings. The lowest BCUT2D eigenvalue weighted by Gasteiger charge is -1.83. The van der Waals surface area contributed by atoms with Gasteiger partial charge >= 0.3 is 0 Å². The van der Waals surface area contributed by atoms with Gasteiger partial charge in [-0.1, -0.05) is 31.9 Å². The van der Waals surface area contributed by atoms with Crippen LogP contribution in [0.3, 0.4) is 0 Å². The molecule has 0 bridgehead atoms. The first-order chi connectivity index (χ1) is 5.33. The maximum Gasteiger partial charge on any atom is 0.181 e. The van der Waals surface area contributed by atoms with E-state index in [9.17, 15) is 0 Å². The molecule has 2 heteroatoms. The zero-order valence-corrected chi connectivity index (χ0v) is 7.17. The second kappa shape index (κ2) is 15.9. The fraction of sp³-hybridized carbons (Fsp3) is 0.556. The van der Waals surface area contributed by atoms with Gasteiger partial charge in [-0.05, 0) is 13.3 Å². The van der Waals surface area contributed by atoms with Gasteiger partial charge < -0.3 is 0 Å². The number of nitrogens with zero attached hydrogens (tertiary/aromatic N) is 2. The number of hydrogen-bond donors (Lipinski definition) is 0. The van der Waals surface area contributed by atoms with Gasteiger partial charge in [0.1, 0.15) is 0 Å². The number of nitriles is 2. The van der Waals surface area contributed by atoms with Crippen LogP contribution in [0, 0.1) is 22.7 Å². The van der Waals surface area contributed by atoms with E-state index in [1.54, 1.807) is 0 Å². The summed E-state index contributed by atoms with van der Waals surface area (Å²) < 4.78 is 0. The van der Waals surface area contributed by atoms with Crippen LogP contribution >= 0.6 is 0 Å². The molecule has 0 unspecified atom stereocenters. The van der Waals surface area contributed by atoms with Crippen molar-refractivity contribution in [2.45, 2.75) is 33.1 Å². The smallest absolute Gasteiger partial charge is 0.181 e. The van der Waals surface area contributed by atoms with Crippen LogP contribution in [-0.2, 0) is 0 Å². The molecule has 0 spiro atoms. The van der Waals surface area contributed by atoms with Gasteiger partial charge in [-0.15, -0.1) is 0 Å². The van der Waals surface area contributed by atoms with Crippen molar-refractivity contribution in [1.82, 2.24) is 0 Å². The van der Waals surface area contributed by atoms with E-state index in [1.807, 2.05) is 0 Å². The van der Waals surface area contributed by atoms with Gasteiger partial charge in [0.15, 0.2) is 12.1 Å². The van der Waals surface area contributed by atoms with Crippen molar-refractivity contribution in [3.63, 3.8) is 0 Å². The predicted molar refractivity (Wildman–Crippen MR) is 45.6 cm³/mol. The standard InChI is InChI=1S/C7H14.C2N2/c1-3-5-7-6-4-2;3-1-2-4/h3,5H,4,6-7H2,1-2H3;. The Kier molecular flexibility index (Phi) is 17.9. The molecule has 0 radical (unpaired) electrons. The minimum Gasteiger partial charge on any atom is -0.181 e. The fourth-order valence-corrected chi connectivity index (χ4v) is 0.489. The Morgan fingerprint density at radius 2 is 1.82 bits per heavy atom. The molecule has 0 aliphatic heterocycles. The summed E-state index contributed by atoms with van der Waals surface area (Å²) in [5, 5.41) is 14.5. The lowest BCUT2D eigenvalue weighted by atomic mass is 10.2. The number of rotatable bonds is 3. The Morgan fingerprint density at radius 1 is 1.27 bits per heavy atom. The zero-order chi connectivity index (χ0) is 8.95. The lowest BCUT2D eigenvalue weighted by Crippen LogP contribution is -1.63. The summed E-state index contributed by atoms with van der Waals surface area (Å²) in [5.41, 5.74) is 0. The largest absolute Gasteiger partial charge is 0.181 e. The van der Waals surface area contributed by atoms with Crippen LogP contribution < -0.4 is 0 Å². The van der Waals surface area contributed by atoms with Gasteiger partial charge in [0.05, 0.1) is 0 Å². The van der Waals surface area contributed by atoms with Crippen LogP contribution in [0.4, 0.5) is 0 Å². The summed E-state index contributed by atoms with van der Waals surface area (Å²) >= 11 is 0. The molecule has 0 aliphatic carbocycles. The predicted octanol–water partition coefficient (Wildman–Crippen LogP) is 2.79. The van der Waals surface area contributed by atoms with E-state index >= 15 is 0 Å². The minimum absolute atomic E-state index is 1.24. The maximum atomic E-state index is 7.26. The Labute approximate surface area is 68.8 Å². The van der Waals surface area contributed by atoms with Crippen molar-refractivity contribution in [1.29, 1.82) is 10.5 Å². The molecule has 0 rings (SSSR count). The Morgan fingerprint density at radius 3 is 2.09 bits per heavy atom. The molecular weight excluding hydrogens is 136 g/mol. The molecule has 0 heterocycles. The van der Waals surface area contributed by atoms with E-state index in [0.717, 1.165) is 0 Å². The minimum atomic E-state index is 1.24. The molecular formula is C9H14N2. The highest BCUT2D eigenvalue weighted by Crippen LogP contribution is 1.93. The Balaban J connectivity index is 0. The summed E-state index contributed by atoms with van der Waals surface area (Å²) in [5.74, 6) is 0. The summed E-state index contributed by atoms with van der Waals surface area (Å²) in [6.45, 7) is 4.28. The van der Waals surface area contributed by atoms with Crippen LogP contribution in [0.1, 0.15) is 33.1 Å². The Hall–Kier alpha value is -1.28. The van der Waals surface area contributed by atoms with E-state index in [4.69, 9.17) is 10.5 Å². The second-order valence-electron chi connectivity index (χ2n) is 1.93. The first-order valence-electron chi connectivity index (χ1n) is 3.72. The molecule has 0 atom stereocenters. The number of allylic oxidation sites excluding steroid dienone is 2. The van der Waals surface area contributed by atoms with Gasteiger partial charge in [-0.2, -0.15) is 10.5 Å². The maximum absolute atomic E-state index is 7.26. The summed E-state index contributed by atoms with van der Waals surface area (Å²) in [4.78, 5) is 0. The highest BCUT2D eigenvalue weighted by Gasteiger charge is 1.73. The van der Waals surface area contributed by atoms with Crippen molar-refractivity contribution >= 4 is 0 Å². The van der Waals surface area contributed by atoms with E-state index in [2.05, 4.69) is 26.0 Å². The molecule has 0 saturated carbocycles. The van der Waals surface area contributed by atoms with Gasteiger partial charge in [-0.3, -0.25) is 0 Å². The van der Waals surface area contributed by atoms with Gasteiger partial charge in [0.2, 0.25) is 0 Å². The van der Waals surface area contributed by atoms with Crippen molar-refractivity contribution in [2.24, 2.45) is 0 Å². The van der Waals surface area contributed by atoms with Crippen molar-refractivity contribution in [3.8, 4) is 12.1 Å². The van der Waals surface area contributed by atoms with Crippen LogP contribution in [0.15, 0.2) is 12.2 Å². The molecule has 0 saturated heterocycles. The van der Waals surface area contributed by atoms with Gasteiger partial charge in [0.25, 0.3) is 0 Å². The average Bonchev–Trinajstić information content (AvgIpc) is 2.06. The topological polar surface area (TPSA) is 47.6 Å². The van der Waals surface area contributed by atoms with Crippen molar-refractivity contribution in [2.75, 3.05) is 0 Å². The molecule has 0 N–H and O–H groups in total. The van der Waals surface area contributed by atoms with Gasteiger partial charge in [0, 0.05) is 0 Å². The average molecular weight is 150 g/mol. The van der Waals surface area contributed by atoms with Crippen molar-refractivity contribution in [3.05, 3.63) is 12.2 Å². The second-order valence-corrected chi connectivity index (χ2v) is 1.93. The third-order valence-corrected chi connectivity index (χ3v) is 1.01. The molecule has 11 heavy (non-hydrogen) atoms. The Bertz CT molecular complexity index is 145. The molecule has 0 aromatic heterocycles. The molecule has 0 aromatic rings. The van der Waals surface area contributed by atoms with Crippen LogP contribution in [0.25, 0.3) is 0 Å². The van der Waals surface area contributed by atoms with Gasteiger partial charge in [-0.25, -0.2) is 0 Å². The lowest BCUT2D eigenvalue weighted by molar-refractivity contribution is 0.814. The SMILES string of the molecule is CC=CCCCC.N#CC#N. The highest BCUT2D eigenvalue weighted by molar-refractivity contribution is 4.99. The number of hydrogen-bond acceptors (Lipinski definition) is 2. The summed E-state index contributed by atoms with van der Waals surface area (Å²) in [6, 6.07) is 2.47. The van der Waals surface area contributed by atoms with Crippen LogP contribution in [0.5, 0.6) is 0 Å².